The summed E-state index contributed by atoms with van der Waals surface area (Å²) >= 11 is 0. The summed E-state index contributed by atoms with van der Waals surface area (Å²) in [4.78, 5) is 23.9. The number of nitrogens with zero attached hydrogens (tertiary/aromatic N) is 4. The van der Waals surface area contributed by atoms with E-state index < -0.39 is 0 Å². The number of hydrogen-bond acceptors (Lipinski definition) is 3. The number of piperazine rings is 1. The summed E-state index contributed by atoms with van der Waals surface area (Å²) in [5.74, 6) is 1.83. The first kappa shape index (κ1) is 21.1. The zero-order chi connectivity index (χ0) is 18.0. The average Bonchev–Trinajstić information content (AvgIpc) is 3.03. The van der Waals surface area contributed by atoms with Gasteiger partial charge in [-0.05, 0) is 37.5 Å². The summed E-state index contributed by atoms with van der Waals surface area (Å²) in [6, 6.07) is 0. The van der Waals surface area contributed by atoms with Gasteiger partial charge < -0.3 is 15.1 Å². The van der Waals surface area contributed by atoms with Crippen molar-refractivity contribution in [2.75, 3.05) is 59.4 Å². The number of amides is 1. The highest BCUT2D eigenvalue weighted by molar-refractivity contribution is 14.0. The van der Waals surface area contributed by atoms with Gasteiger partial charge in [-0.25, -0.2) is 0 Å². The normalized spacial score (nSPS) is 25.7. The predicted molar refractivity (Wildman–Crippen MR) is 120 cm³/mol. The lowest BCUT2D eigenvalue weighted by Gasteiger charge is -2.39. The van der Waals surface area contributed by atoms with Crippen LogP contribution in [0.25, 0.3) is 0 Å². The quantitative estimate of drug-likeness (QED) is 0.373. The molecule has 0 radical (unpaired) electrons. The largest absolute Gasteiger partial charge is 0.355 e. The van der Waals surface area contributed by atoms with Gasteiger partial charge in [-0.1, -0.05) is 12.8 Å². The van der Waals surface area contributed by atoms with E-state index in [-0.39, 0.29) is 24.0 Å². The van der Waals surface area contributed by atoms with Crippen molar-refractivity contribution in [3.63, 3.8) is 0 Å². The smallest absolute Gasteiger partial charge is 0.225 e. The van der Waals surface area contributed by atoms with E-state index in [1.165, 1.54) is 38.6 Å². The Labute approximate surface area is 181 Å². The summed E-state index contributed by atoms with van der Waals surface area (Å²) in [6.45, 7) is 8.13. The van der Waals surface area contributed by atoms with E-state index in [0.717, 1.165) is 64.6 Å². The van der Waals surface area contributed by atoms with Crippen molar-refractivity contribution in [2.24, 2.45) is 16.3 Å². The van der Waals surface area contributed by atoms with Crippen molar-refractivity contribution in [2.45, 2.75) is 44.9 Å². The molecule has 1 spiro atoms. The summed E-state index contributed by atoms with van der Waals surface area (Å²) < 4.78 is 0. The molecule has 1 N–H and O–H groups in total. The van der Waals surface area contributed by atoms with Crippen molar-refractivity contribution < 1.29 is 4.79 Å². The van der Waals surface area contributed by atoms with Gasteiger partial charge in [0.2, 0.25) is 5.91 Å². The minimum Gasteiger partial charge on any atom is -0.355 e. The third-order valence-corrected chi connectivity index (χ3v) is 7.21. The maximum Gasteiger partial charge on any atom is 0.225 e. The molecule has 154 valence electrons. The maximum atomic E-state index is 12.3. The van der Waals surface area contributed by atoms with Gasteiger partial charge in [0.05, 0.1) is 0 Å². The van der Waals surface area contributed by atoms with E-state index in [1.54, 1.807) is 0 Å². The fraction of sp³-hybridized carbons (Fsp3) is 0.900. The van der Waals surface area contributed by atoms with Gasteiger partial charge in [0.1, 0.15) is 0 Å². The minimum absolute atomic E-state index is 0. The summed E-state index contributed by atoms with van der Waals surface area (Å²) in [6.07, 6.45) is 9.02. The Kier molecular flexibility index (Phi) is 7.27. The van der Waals surface area contributed by atoms with Crippen molar-refractivity contribution in [3.8, 4) is 0 Å². The molecule has 27 heavy (non-hydrogen) atoms. The molecular weight excluding hydrogens is 453 g/mol. The molecule has 2 aliphatic carbocycles. The Balaban J connectivity index is 0.00000210. The molecule has 2 saturated carbocycles. The number of carbonyl (C=O) groups excluding carboxylic acids is 1. The number of rotatable bonds is 4. The van der Waals surface area contributed by atoms with Crippen LogP contribution in [0.3, 0.4) is 0 Å². The predicted octanol–water partition coefficient (Wildman–Crippen LogP) is 2.00. The van der Waals surface area contributed by atoms with Crippen molar-refractivity contribution >= 4 is 35.8 Å². The Bertz CT molecular complexity index is 538. The van der Waals surface area contributed by atoms with Crippen LogP contribution in [0.2, 0.25) is 0 Å². The molecule has 0 unspecified atom stereocenters. The number of halogens is 1. The lowest BCUT2D eigenvalue weighted by molar-refractivity contribution is -0.139. The third-order valence-electron chi connectivity index (χ3n) is 7.21. The third kappa shape index (κ3) is 4.71. The Morgan fingerprint density at radius 3 is 2.30 bits per heavy atom. The first-order valence-electron chi connectivity index (χ1n) is 10.7. The molecule has 1 amide bonds. The standard InChI is InChI=1S/C20H35N5O.HI/c1-21-19(25-10-8-20(16-25)6-3-7-20)22-9-11-23-12-14-24(15-13-23)18(26)17-4-2-5-17;/h17H,2-16H2,1H3,(H,21,22);1H. The molecule has 0 atom stereocenters. The number of hydrogen-bond donors (Lipinski definition) is 1. The van der Waals surface area contributed by atoms with E-state index >= 15 is 0 Å². The van der Waals surface area contributed by atoms with Gasteiger partial charge in [-0.15, -0.1) is 24.0 Å². The lowest BCUT2D eigenvalue weighted by Crippen LogP contribution is -2.52. The van der Waals surface area contributed by atoms with Crippen molar-refractivity contribution in [1.29, 1.82) is 0 Å². The fourth-order valence-corrected chi connectivity index (χ4v) is 4.96. The molecular formula is C20H36IN5O. The molecule has 6 nitrogen and oxygen atoms in total. The van der Waals surface area contributed by atoms with Crippen LogP contribution in [0, 0.1) is 11.3 Å². The van der Waals surface area contributed by atoms with Gasteiger partial charge in [0.15, 0.2) is 5.96 Å². The number of guanidine groups is 1. The van der Waals surface area contributed by atoms with Gasteiger partial charge in [0.25, 0.3) is 0 Å². The van der Waals surface area contributed by atoms with E-state index in [9.17, 15) is 4.79 Å². The summed E-state index contributed by atoms with van der Waals surface area (Å²) in [7, 11) is 1.90. The molecule has 7 heteroatoms. The van der Waals surface area contributed by atoms with Crippen LogP contribution in [0.1, 0.15) is 44.9 Å². The van der Waals surface area contributed by atoms with E-state index in [2.05, 4.69) is 25.0 Å². The van der Waals surface area contributed by atoms with Crippen LogP contribution in [-0.4, -0.2) is 86.0 Å². The zero-order valence-corrected chi connectivity index (χ0v) is 19.1. The SMILES string of the molecule is CN=C(NCCN1CCN(C(=O)C2CCC2)CC1)N1CCC2(CCC2)C1.I. The van der Waals surface area contributed by atoms with E-state index in [1.807, 2.05) is 7.05 Å². The Hall–Kier alpha value is -0.570. The second-order valence-corrected chi connectivity index (χ2v) is 8.79. The first-order chi connectivity index (χ1) is 12.7. The van der Waals surface area contributed by atoms with E-state index in [4.69, 9.17) is 0 Å². The second kappa shape index (κ2) is 9.29. The number of likely N-dealkylation sites (tertiary alicyclic amines) is 1. The van der Waals surface area contributed by atoms with Gasteiger partial charge in [-0.2, -0.15) is 0 Å². The number of aliphatic imine (C=N–C) groups is 1. The summed E-state index contributed by atoms with van der Waals surface area (Å²) in [5, 5.41) is 3.57. The highest BCUT2D eigenvalue weighted by Gasteiger charge is 2.43. The Morgan fingerprint density at radius 2 is 1.78 bits per heavy atom. The number of carbonyl (C=O) groups is 1. The van der Waals surface area contributed by atoms with Crippen molar-refractivity contribution in [3.05, 3.63) is 0 Å². The van der Waals surface area contributed by atoms with Crippen LogP contribution in [0.15, 0.2) is 4.99 Å². The molecule has 4 aliphatic rings. The molecule has 0 bridgehead atoms. The summed E-state index contributed by atoms with van der Waals surface area (Å²) in [5.41, 5.74) is 0.612. The van der Waals surface area contributed by atoms with Gasteiger partial charge >= 0.3 is 0 Å². The second-order valence-electron chi connectivity index (χ2n) is 8.79. The van der Waals surface area contributed by atoms with Gasteiger partial charge in [-0.3, -0.25) is 14.7 Å². The molecule has 0 aromatic carbocycles. The monoisotopic (exact) mass is 489 g/mol. The number of nitrogens with one attached hydrogen (secondary N) is 1. The maximum absolute atomic E-state index is 12.3. The van der Waals surface area contributed by atoms with Crippen LogP contribution in [0.4, 0.5) is 0 Å². The van der Waals surface area contributed by atoms with Crippen molar-refractivity contribution in [1.82, 2.24) is 20.0 Å². The van der Waals surface area contributed by atoms with Crippen LogP contribution < -0.4 is 5.32 Å². The fourth-order valence-electron chi connectivity index (χ4n) is 4.96. The Morgan fingerprint density at radius 1 is 1.04 bits per heavy atom. The molecule has 4 rings (SSSR count). The lowest BCUT2D eigenvalue weighted by atomic mass is 9.68. The molecule has 0 aromatic heterocycles. The molecule has 4 fully saturated rings. The highest BCUT2D eigenvalue weighted by Crippen LogP contribution is 2.47. The topological polar surface area (TPSA) is 51.2 Å². The highest BCUT2D eigenvalue weighted by atomic mass is 127. The average molecular weight is 489 g/mol. The zero-order valence-electron chi connectivity index (χ0n) is 16.8. The molecule has 0 aromatic rings. The van der Waals surface area contributed by atoms with Crippen LogP contribution in [-0.2, 0) is 4.79 Å². The molecule has 2 saturated heterocycles. The van der Waals surface area contributed by atoms with Crippen LogP contribution in [0.5, 0.6) is 0 Å². The van der Waals surface area contributed by atoms with Gasteiger partial charge in [0, 0.05) is 65.3 Å². The molecule has 2 heterocycles. The first-order valence-corrected chi connectivity index (χ1v) is 10.7. The minimum atomic E-state index is 0. The molecule has 2 aliphatic heterocycles. The van der Waals surface area contributed by atoms with Crippen LogP contribution >= 0.6 is 24.0 Å². The van der Waals surface area contributed by atoms with E-state index in [0.29, 0.717) is 17.2 Å².